The van der Waals surface area contributed by atoms with Gasteiger partial charge in [-0.1, -0.05) is 30.3 Å². The Morgan fingerprint density at radius 3 is 2.78 bits per heavy atom. The fraction of sp³-hybridized carbons (Fsp3) is 0.158. The van der Waals surface area contributed by atoms with Gasteiger partial charge in [-0.15, -0.1) is 11.3 Å². The smallest absolute Gasteiger partial charge is 0.308 e. The fourth-order valence-electron chi connectivity index (χ4n) is 2.89. The van der Waals surface area contributed by atoms with Crippen molar-refractivity contribution >= 4 is 43.3 Å². The molecule has 0 bridgehead atoms. The highest BCUT2D eigenvalue weighted by molar-refractivity contribution is 7.90. The average Bonchev–Trinajstić information content (AvgIpc) is 3.19. The highest BCUT2D eigenvalue weighted by atomic mass is 32.2. The van der Waals surface area contributed by atoms with Gasteiger partial charge in [-0.3, -0.25) is 14.5 Å². The molecule has 1 N–H and O–H groups in total. The molecule has 0 saturated heterocycles. The van der Waals surface area contributed by atoms with Gasteiger partial charge in [0.15, 0.2) is 0 Å². The number of sulfonamides is 1. The van der Waals surface area contributed by atoms with Crippen molar-refractivity contribution in [2.45, 2.75) is 17.9 Å². The van der Waals surface area contributed by atoms with Crippen molar-refractivity contribution in [3.8, 4) is 0 Å². The maximum Gasteiger partial charge on any atom is 0.308 e. The third kappa shape index (κ3) is 3.58. The van der Waals surface area contributed by atoms with Crippen molar-refractivity contribution < 1.29 is 17.9 Å². The fourth-order valence-corrected chi connectivity index (χ4v) is 5.08. The van der Waals surface area contributed by atoms with Crippen LogP contribution < -0.4 is 4.72 Å². The molecule has 1 aliphatic heterocycles. The lowest BCUT2D eigenvalue weighted by Crippen LogP contribution is -2.22. The molecule has 0 unspecified atom stereocenters. The molecule has 0 fully saturated rings. The number of hydrogen-bond donors (Lipinski definition) is 1. The summed E-state index contributed by atoms with van der Waals surface area (Å²) in [5.41, 5.74) is 1.50. The van der Waals surface area contributed by atoms with Gasteiger partial charge in [0.25, 0.3) is 10.0 Å². The number of rotatable bonds is 5. The van der Waals surface area contributed by atoms with E-state index in [9.17, 15) is 13.2 Å². The molecule has 0 saturated carbocycles. The maximum atomic E-state index is 12.0. The number of carbonyl (C=O) groups is 1. The van der Waals surface area contributed by atoms with Crippen LogP contribution in [-0.2, 0) is 26.2 Å². The molecule has 8 heteroatoms. The molecular weight excluding hydrogens is 384 g/mol. The summed E-state index contributed by atoms with van der Waals surface area (Å²) in [6.45, 7) is 0.365. The van der Waals surface area contributed by atoms with Crippen LogP contribution in [0.1, 0.15) is 17.5 Å². The van der Waals surface area contributed by atoms with Crippen molar-refractivity contribution in [1.82, 2.24) is 4.72 Å². The molecule has 0 atom stereocenters. The third-order valence-electron chi connectivity index (χ3n) is 4.20. The highest BCUT2D eigenvalue weighted by Gasteiger charge is 2.29. The second kappa shape index (κ2) is 7.13. The zero-order valence-corrected chi connectivity index (χ0v) is 15.8. The minimum absolute atomic E-state index is 0.0788. The third-order valence-corrected chi connectivity index (χ3v) is 6.61. The lowest BCUT2D eigenvalue weighted by Gasteiger charge is -2.04. The number of carbonyl (C=O) groups excluding carboxylic acids is 1. The molecule has 2 aromatic carbocycles. The molecule has 138 valence electrons. The molecule has 27 heavy (non-hydrogen) atoms. The van der Waals surface area contributed by atoms with Gasteiger partial charge in [-0.2, -0.15) is 0 Å². The van der Waals surface area contributed by atoms with Gasteiger partial charge in [-0.25, -0.2) is 8.42 Å². The number of fused-ring (bicyclic) bond motifs is 2. The zero-order chi connectivity index (χ0) is 18.9. The first-order valence-corrected chi connectivity index (χ1v) is 10.7. The maximum absolute atomic E-state index is 12.0. The normalized spacial score (nSPS) is 16.2. The Morgan fingerprint density at radius 2 is 1.89 bits per heavy atom. The van der Waals surface area contributed by atoms with Crippen LogP contribution in [0.4, 0.5) is 0 Å². The van der Waals surface area contributed by atoms with Crippen LogP contribution >= 0.6 is 11.3 Å². The van der Waals surface area contributed by atoms with E-state index in [1.54, 1.807) is 29.5 Å². The molecule has 3 aromatic rings. The first-order chi connectivity index (χ1) is 13.0. The minimum atomic E-state index is -3.56. The van der Waals surface area contributed by atoms with Gasteiger partial charge >= 0.3 is 5.97 Å². The Morgan fingerprint density at radius 1 is 1.11 bits per heavy atom. The first kappa shape index (κ1) is 17.7. The SMILES string of the molecule is O=C(CCN=C1NS(=O)(=O)c2ccccc21)OCc1csc2ccccc12. The van der Waals surface area contributed by atoms with Gasteiger partial charge < -0.3 is 4.74 Å². The Labute approximate surface area is 160 Å². The largest absolute Gasteiger partial charge is 0.461 e. The molecule has 2 heterocycles. The molecule has 0 spiro atoms. The van der Waals surface area contributed by atoms with E-state index < -0.39 is 10.0 Å². The van der Waals surface area contributed by atoms with Gasteiger partial charge in [0.1, 0.15) is 12.4 Å². The van der Waals surface area contributed by atoms with Crippen LogP contribution in [0, 0.1) is 0 Å². The Balaban J connectivity index is 1.36. The Bertz CT molecular complexity index is 1150. The standard InChI is InChI=1S/C19H16N2O4S2/c22-18(25-11-13-12-26-16-7-3-1-5-14(13)16)9-10-20-19-15-6-2-4-8-17(15)27(23,24)21-19/h1-8,12H,9-11H2,(H,20,21). The summed E-state index contributed by atoms with van der Waals surface area (Å²) in [5, 5.41) is 3.08. The monoisotopic (exact) mass is 400 g/mol. The predicted octanol–water partition coefficient (Wildman–Crippen LogP) is 3.07. The summed E-state index contributed by atoms with van der Waals surface area (Å²) in [7, 11) is -3.56. The van der Waals surface area contributed by atoms with Crippen LogP contribution in [-0.4, -0.2) is 26.8 Å². The number of ether oxygens (including phenoxy) is 1. The lowest BCUT2D eigenvalue weighted by atomic mass is 10.2. The predicted molar refractivity (Wildman–Crippen MR) is 104 cm³/mol. The van der Waals surface area contributed by atoms with Crippen molar-refractivity contribution in [2.24, 2.45) is 4.99 Å². The number of amidine groups is 1. The Hall–Kier alpha value is -2.71. The van der Waals surface area contributed by atoms with E-state index in [0.717, 1.165) is 15.6 Å². The molecule has 1 aromatic heterocycles. The van der Waals surface area contributed by atoms with Crippen LogP contribution in [0.2, 0.25) is 0 Å². The van der Waals surface area contributed by atoms with Crippen LogP contribution in [0.15, 0.2) is 63.8 Å². The van der Waals surface area contributed by atoms with Gasteiger partial charge in [0.2, 0.25) is 0 Å². The highest BCUT2D eigenvalue weighted by Crippen LogP contribution is 2.26. The molecule has 6 nitrogen and oxygen atoms in total. The molecule has 4 rings (SSSR count). The zero-order valence-electron chi connectivity index (χ0n) is 14.2. The summed E-state index contributed by atoms with van der Waals surface area (Å²) in [6, 6.07) is 14.6. The van der Waals surface area contributed by atoms with E-state index in [-0.39, 0.29) is 36.3 Å². The summed E-state index contributed by atoms with van der Waals surface area (Å²) < 4.78 is 32.9. The van der Waals surface area contributed by atoms with Crippen LogP contribution in [0.3, 0.4) is 0 Å². The number of esters is 1. The number of nitrogens with one attached hydrogen (secondary N) is 1. The quantitative estimate of drug-likeness (QED) is 0.667. The molecule has 0 amide bonds. The number of nitrogens with zero attached hydrogens (tertiary/aromatic N) is 1. The second-order valence-electron chi connectivity index (χ2n) is 6.00. The number of thiophene rings is 1. The van der Waals surface area contributed by atoms with E-state index in [1.165, 1.54) is 6.07 Å². The van der Waals surface area contributed by atoms with Crippen molar-refractivity contribution in [3.63, 3.8) is 0 Å². The van der Waals surface area contributed by atoms with Crippen LogP contribution in [0.5, 0.6) is 0 Å². The molecule has 1 aliphatic rings. The molecule has 0 radical (unpaired) electrons. The number of benzene rings is 2. The summed E-state index contributed by atoms with van der Waals surface area (Å²) in [6.07, 6.45) is 0.0788. The van der Waals surface area contributed by atoms with Gasteiger partial charge in [0.05, 0.1) is 17.9 Å². The van der Waals surface area contributed by atoms with E-state index >= 15 is 0 Å². The minimum Gasteiger partial charge on any atom is -0.461 e. The van der Waals surface area contributed by atoms with E-state index in [4.69, 9.17) is 4.74 Å². The van der Waals surface area contributed by atoms with E-state index in [1.807, 2.05) is 29.6 Å². The summed E-state index contributed by atoms with van der Waals surface area (Å²) >= 11 is 1.62. The van der Waals surface area contributed by atoms with Crippen molar-refractivity contribution in [1.29, 1.82) is 0 Å². The van der Waals surface area contributed by atoms with Gasteiger partial charge in [0, 0.05) is 15.8 Å². The lowest BCUT2D eigenvalue weighted by molar-refractivity contribution is -0.144. The van der Waals surface area contributed by atoms with Crippen molar-refractivity contribution in [3.05, 3.63) is 65.0 Å². The van der Waals surface area contributed by atoms with E-state index in [2.05, 4.69) is 9.71 Å². The van der Waals surface area contributed by atoms with Gasteiger partial charge in [-0.05, 0) is 29.0 Å². The summed E-state index contributed by atoms with van der Waals surface area (Å²) in [5.74, 6) is -0.106. The van der Waals surface area contributed by atoms with Crippen LogP contribution in [0.25, 0.3) is 10.1 Å². The molecular formula is C19H16N2O4S2. The molecule has 0 aliphatic carbocycles. The average molecular weight is 400 g/mol. The second-order valence-corrected chi connectivity index (χ2v) is 8.56. The Kier molecular flexibility index (Phi) is 4.67. The van der Waals surface area contributed by atoms with Crippen molar-refractivity contribution in [2.75, 3.05) is 6.54 Å². The number of aliphatic imine (C=N–C) groups is 1. The number of hydrogen-bond acceptors (Lipinski definition) is 6. The topological polar surface area (TPSA) is 84.8 Å². The summed E-state index contributed by atoms with van der Waals surface area (Å²) in [4.78, 5) is 16.4. The first-order valence-electron chi connectivity index (χ1n) is 8.32. The van der Waals surface area contributed by atoms with E-state index in [0.29, 0.717) is 5.56 Å².